The van der Waals surface area contributed by atoms with Crippen LogP contribution in [0.15, 0.2) is 6.20 Å². The van der Waals surface area contributed by atoms with Crippen LogP contribution in [0.5, 0.6) is 0 Å². The number of likely N-dealkylation sites (tertiary alicyclic amines) is 1. The lowest BCUT2D eigenvalue weighted by Crippen LogP contribution is -2.23. The van der Waals surface area contributed by atoms with Gasteiger partial charge < -0.3 is 4.98 Å². The molecule has 1 atom stereocenters. The topological polar surface area (TPSA) is 49.7 Å². The zero-order chi connectivity index (χ0) is 15.1. The molecule has 0 unspecified atom stereocenters. The van der Waals surface area contributed by atoms with Crippen molar-refractivity contribution < 1.29 is 0 Å². The molecular formula is C17H25N5. The Morgan fingerprint density at radius 2 is 2.14 bits per heavy atom. The Labute approximate surface area is 131 Å². The number of fused-ring (bicyclic) bond motifs is 1. The van der Waals surface area contributed by atoms with Crippen LogP contribution in [0.1, 0.15) is 60.2 Å². The van der Waals surface area contributed by atoms with E-state index in [0.717, 1.165) is 25.2 Å². The molecule has 2 aliphatic rings. The Morgan fingerprint density at radius 3 is 2.91 bits per heavy atom. The number of hydrogen-bond donors (Lipinski definition) is 1. The molecule has 0 aromatic carbocycles. The Bertz CT molecular complexity index is 645. The van der Waals surface area contributed by atoms with Gasteiger partial charge in [-0.05, 0) is 52.0 Å². The number of H-pyrrole nitrogens is 1. The van der Waals surface area contributed by atoms with E-state index >= 15 is 0 Å². The summed E-state index contributed by atoms with van der Waals surface area (Å²) in [5.74, 6) is 1.20. The number of aromatic nitrogens is 4. The van der Waals surface area contributed by atoms with Crippen LogP contribution in [0.4, 0.5) is 0 Å². The maximum absolute atomic E-state index is 4.93. The molecule has 2 aromatic rings. The first kappa shape index (κ1) is 14.0. The van der Waals surface area contributed by atoms with Crippen LogP contribution in [0, 0.1) is 6.92 Å². The molecule has 1 N–H and O–H groups in total. The SMILES string of the molecule is Cc1nn(C)cc1CN1CCC[C@@H]1c1nc2c([nH]1)CCCC2. The molecule has 5 nitrogen and oxygen atoms in total. The standard InChI is InChI=1S/C17H25N5/c1-12-13(10-21(2)20-12)11-22-9-5-8-16(22)17-18-14-6-3-4-7-15(14)19-17/h10,16H,3-9,11H2,1-2H3,(H,18,19)/t16-/m1/s1. The minimum atomic E-state index is 0.449. The monoisotopic (exact) mass is 299 g/mol. The Balaban J connectivity index is 1.55. The van der Waals surface area contributed by atoms with Gasteiger partial charge in [-0.3, -0.25) is 9.58 Å². The first-order chi connectivity index (χ1) is 10.7. The lowest BCUT2D eigenvalue weighted by molar-refractivity contribution is 0.240. The number of nitrogens with zero attached hydrogens (tertiary/aromatic N) is 4. The van der Waals surface area contributed by atoms with Crippen LogP contribution in [-0.4, -0.2) is 31.2 Å². The maximum atomic E-state index is 4.93. The number of aryl methyl sites for hydroxylation is 4. The summed E-state index contributed by atoms with van der Waals surface area (Å²) in [4.78, 5) is 11.1. The minimum Gasteiger partial charge on any atom is -0.344 e. The molecule has 1 aliphatic carbocycles. The van der Waals surface area contributed by atoms with E-state index in [-0.39, 0.29) is 0 Å². The Hall–Kier alpha value is -1.62. The van der Waals surface area contributed by atoms with Crippen molar-refractivity contribution in [1.82, 2.24) is 24.6 Å². The summed E-state index contributed by atoms with van der Waals surface area (Å²) >= 11 is 0. The third kappa shape index (κ3) is 2.47. The number of aromatic amines is 1. The number of hydrogen-bond acceptors (Lipinski definition) is 3. The third-order valence-corrected chi connectivity index (χ3v) is 5.14. The highest BCUT2D eigenvalue weighted by atomic mass is 15.3. The molecule has 3 heterocycles. The summed E-state index contributed by atoms with van der Waals surface area (Å²) in [5.41, 5.74) is 5.20. The second kappa shape index (κ2) is 5.54. The normalized spacial score (nSPS) is 22.2. The summed E-state index contributed by atoms with van der Waals surface area (Å²) in [5, 5.41) is 4.47. The van der Waals surface area contributed by atoms with Crippen LogP contribution in [0.2, 0.25) is 0 Å². The van der Waals surface area contributed by atoms with E-state index < -0.39 is 0 Å². The second-order valence-corrected chi connectivity index (χ2v) is 6.80. The highest BCUT2D eigenvalue weighted by Crippen LogP contribution is 2.33. The molecule has 2 aromatic heterocycles. The molecule has 0 spiro atoms. The highest BCUT2D eigenvalue weighted by Gasteiger charge is 2.30. The van der Waals surface area contributed by atoms with Crippen molar-refractivity contribution >= 4 is 0 Å². The minimum absolute atomic E-state index is 0.449. The van der Waals surface area contributed by atoms with Crippen LogP contribution in [0.25, 0.3) is 0 Å². The number of rotatable bonds is 3. The van der Waals surface area contributed by atoms with Crippen LogP contribution < -0.4 is 0 Å². The van der Waals surface area contributed by atoms with Gasteiger partial charge in [0.1, 0.15) is 5.82 Å². The smallest absolute Gasteiger partial charge is 0.124 e. The largest absolute Gasteiger partial charge is 0.344 e. The fraction of sp³-hybridized carbons (Fsp3) is 0.647. The molecule has 22 heavy (non-hydrogen) atoms. The van der Waals surface area contributed by atoms with Crippen molar-refractivity contribution in [3.63, 3.8) is 0 Å². The van der Waals surface area contributed by atoms with Gasteiger partial charge in [0.2, 0.25) is 0 Å². The average Bonchev–Trinajstić information content (AvgIpc) is 3.18. The molecule has 0 bridgehead atoms. The third-order valence-electron chi connectivity index (χ3n) is 5.14. The van der Waals surface area contributed by atoms with Gasteiger partial charge in [0.05, 0.1) is 17.4 Å². The number of nitrogens with one attached hydrogen (secondary N) is 1. The van der Waals surface area contributed by atoms with Crippen molar-refractivity contribution in [2.45, 2.75) is 58.0 Å². The molecule has 0 saturated carbocycles. The first-order valence-corrected chi connectivity index (χ1v) is 8.51. The van der Waals surface area contributed by atoms with Crippen molar-refractivity contribution in [3.8, 4) is 0 Å². The van der Waals surface area contributed by atoms with E-state index in [2.05, 4.69) is 28.1 Å². The van der Waals surface area contributed by atoms with Gasteiger partial charge in [-0.15, -0.1) is 0 Å². The van der Waals surface area contributed by atoms with E-state index in [1.165, 1.54) is 54.9 Å². The zero-order valence-electron chi connectivity index (χ0n) is 13.6. The molecule has 4 rings (SSSR count). The molecule has 0 amide bonds. The molecule has 0 radical (unpaired) electrons. The highest BCUT2D eigenvalue weighted by molar-refractivity contribution is 5.21. The van der Waals surface area contributed by atoms with Gasteiger partial charge in [-0.25, -0.2) is 4.98 Å². The predicted molar refractivity (Wildman–Crippen MR) is 85.6 cm³/mol. The molecule has 118 valence electrons. The van der Waals surface area contributed by atoms with E-state index in [0.29, 0.717) is 6.04 Å². The number of imidazole rings is 1. The van der Waals surface area contributed by atoms with Gasteiger partial charge in [0, 0.05) is 31.0 Å². The van der Waals surface area contributed by atoms with E-state index in [1.807, 2.05) is 11.7 Å². The summed E-state index contributed by atoms with van der Waals surface area (Å²) < 4.78 is 1.92. The fourth-order valence-electron chi connectivity index (χ4n) is 3.98. The van der Waals surface area contributed by atoms with Gasteiger partial charge in [0.25, 0.3) is 0 Å². The summed E-state index contributed by atoms with van der Waals surface area (Å²) in [6.07, 6.45) is 9.55. The lowest BCUT2D eigenvalue weighted by Gasteiger charge is -2.22. The molecule has 1 fully saturated rings. The summed E-state index contributed by atoms with van der Waals surface area (Å²) in [6.45, 7) is 4.24. The summed E-state index contributed by atoms with van der Waals surface area (Å²) in [6, 6.07) is 0.449. The van der Waals surface area contributed by atoms with Crippen molar-refractivity contribution in [2.75, 3.05) is 6.54 Å². The predicted octanol–water partition coefficient (Wildman–Crippen LogP) is 2.67. The van der Waals surface area contributed by atoms with Gasteiger partial charge >= 0.3 is 0 Å². The first-order valence-electron chi connectivity index (χ1n) is 8.51. The second-order valence-electron chi connectivity index (χ2n) is 6.80. The quantitative estimate of drug-likeness (QED) is 0.948. The maximum Gasteiger partial charge on any atom is 0.124 e. The lowest BCUT2D eigenvalue weighted by atomic mass is 10.0. The van der Waals surface area contributed by atoms with Crippen LogP contribution in [0.3, 0.4) is 0 Å². The molecule has 5 heteroatoms. The molecule has 1 aliphatic heterocycles. The molecular weight excluding hydrogens is 274 g/mol. The van der Waals surface area contributed by atoms with Crippen LogP contribution in [-0.2, 0) is 26.4 Å². The van der Waals surface area contributed by atoms with Gasteiger partial charge in [0.15, 0.2) is 0 Å². The fourth-order valence-corrected chi connectivity index (χ4v) is 3.98. The van der Waals surface area contributed by atoms with Crippen molar-refractivity contribution in [2.24, 2.45) is 7.05 Å². The van der Waals surface area contributed by atoms with Crippen molar-refractivity contribution in [3.05, 3.63) is 34.7 Å². The van der Waals surface area contributed by atoms with Gasteiger partial charge in [-0.2, -0.15) is 5.10 Å². The van der Waals surface area contributed by atoms with Crippen molar-refractivity contribution in [1.29, 1.82) is 0 Å². The van der Waals surface area contributed by atoms with Gasteiger partial charge in [-0.1, -0.05) is 0 Å². The Kier molecular flexibility index (Phi) is 3.53. The Morgan fingerprint density at radius 1 is 1.27 bits per heavy atom. The van der Waals surface area contributed by atoms with E-state index in [9.17, 15) is 0 Å². The zero-order valence-corrected chi connectivity index (χ0v) is 13.6. The van der Waals surface area contributed by atoms with Crippen LogP contribution >= 0.6 is 0 Å². The summed E-state index contributed by atoms with van der Waals surface area (Å²) in [7, 11) is 2.00. The molecule has 1 saturated heterocycles. The van der Waals surface area contributed by atoms with E-state index in [4.69, 9.17) is 4.98 Å². The average molecular weight is 299 g/mol. The van der Waals surface area contributed by atoms with E-state index in [1.54, 1.807) is 0 Å².